The zero-order chi connectivity index (χ0) is 9.42. The fraction of sp³-hybridized carbons (Fsp3) is 0.273. The molecule has 2 rings (SSSR count). The van der Waals surface area contributed by atoms with E-state index in [-0.39, 0.29) is 0 Å². The van der Waals surface area contributed by atoms with Crippen LogP contribution in [0, 0.1) is 6.92 Å². The summed E-state index contributed by atoms with van der Waals surface area (Å²) in [6.07, 6.45) is -0.424. The number of aryl methyl sites for hydroxylation is 1. The Labute approximate surface area is 77.2 Å². The summed E-state index contributed by atoms with van der Waals surface area (Å²) >= 11 is 0. The van der Waals surface area contributed by atoms with Gasteiger partial charge in [-0.3, -0.25) is 0 Å². The number of fused-ring (bicyclic) bond motifs is 1. The lowest BCUT2D eigenvalue weighted by molar-refractivity contribution is 0.194. The number of aromatic amines is 1. The highest BCUT2D eigenvalue weighted by Crippen LogP contribution is 2.25. The van der Waals surface area contributed by atoms with E-state index in [1.54, 1.807) is 6.92 Å². The van der Waals surface area contributed by atoms with Gasteiger partial charge in [-0.2, -0.15) is 0 Å². The lowest BCUT2D eigenvalue weighted by Crippen LogP contribution is -1.92. The van der Waals surface area contributed by atoms with E-state index in [1.165, 1.54) is 5.39 Å². The van der Waals surface area contributed by atoms with Gasteiger partial charge in [-0.05, 0) is 25.5 Å². The van der Waals surface area contributed by atoms with Gasteiger partial charge in [0.15, 0.2) is 0 Å². The van der Waals surface area contributed by atoms with Gasteiger partial charge in [-0.25, -0.2) is 0 Å². The van der Waals surface area contributed by atoms with E-state index in [9.17, 15) is 5.11 Å². The maximum atomic E-state index is 9.47. The van der Waals surface area contributed by atoms with Crippen LogP contribution in [-0.2, 0) is 0 Å². The molecule has 1 aromatic heterocycles. The maximum Gasteiger partial charge on any atom is 0.0912 e. The van der Waals surface area contributed by atoms with Gasteiger partial charge < -0.3 is 10.1 Å². The molecule has 0 aliphatic rings. The Morgan fingerprint density at radius 2 is 2.00 bits per heavy atom. The molecule has 0 saturated heterocycles. The Morgan fingerprint density at radius 1 is 1.31 bits per heavy atom. The third-order valence-corrected chi connectivity index (χ3v) is 2.42. The Balaban J connectivity index is 2.74. The molecule has 0 aliphatic carbocycles. The highest BCUT2D eigenvalue weighted by Gasteiger charge is 2.10. The summed E-state index contributed by atoms with van der Waals surface area (Å²) in [5, 5.41) is 10.7. The van der Waals surface area contributed by atoms with Crippen LogP contribution in [0.25, 0.3) is 10.9 Å². The van der Waals surface area contributed by atoms with Crippen molar-refractivity contribution in [3.05, 3.63) is 35.5 Å². The number of hydrogen-bond acceptors (Lipinski definition) is 1. The highest BCUT2D eigenvalue weighted by molar-refractivity contribution is 5.84. The molecule has 2 aromatic rings. The zero-order valence-electron chi connectivity index (χ0n) is 7.83. The molecular weight excluding hydrogens is 162 g/mol. The van der Waals surface area contributed by atoms with Crippen LogP contribution in [0.15, 0.2) is 24.3 Å². The minimum atomic E-state index is -0.424. The normalized spacial score (nSPS) is 13.5. The van der Waals surface area contributed by atoms with Crippen LogP contribution in [0.5, 0.6) is 0 Å². The Morgan fingerprint density at radius 3 is 2.62 bits per heavy atom. The Kier molecular flexibility index (Phi) is 1.85. The summed E-state index contributed by atoms with van der Waals surface area (Å²) in [5.74, 6) is 0. The molecule has 2 N–H and O–H groups in total. The molecule has 2 nitrogen and oxygen atoms in total. The van der Waals surface area contributed by atoms with Crippen molar-refractivity contribution in [2.75, 3.05) is 0 Å². The van der Waals surface area contributed by atoms with Gasteiger partial charge in [-0.15, -0.1) is 0 Å². The Bertz CT molecular complexity index is 429. The molecule has 0 radical (unpaired) electrons. The predicted octanol–water partition coefficient (Wildman–Crippen LogP) is 2.53. The largest absolute Gasteiger partial charge is 0.387 e. The first-order chi connectivity index (χ1) is 6.20. The monoisotopic (exact) mass is 175 g/mol. The van der Waals surface area contributed by atoms with Crippen LogP contribution in [0.4, 0.5) is 0 Å². The smallest absolute Gasteiger partial charge is 0.0912 e. The van der Waals surface area contributed by atoms with Gasteiger partial charge in [0, 0.05) is 16.6 Å². The minimum Gasteiger partial charge on any atom is -0.387 e. The van der Waals surface area contributed by atoms with E-state index in [0.717, 1.165) is 16.8 Å². The second-order valence-corrected chi connectivity index (χ2v) is 3.39. The summed E-state index contributed by atoms with van der Waals surface area (Å²) in [6.45, 7) is 3.80. The van der Waals surface area contributed by atoms with Crippen molar-refractivity contribution < 1.29 is 5.11 Å². The van der Waals surface area contributed by atoms with Gasteiger partial charge in [0.05, 0.1) is 6.10 Å². The van der Waals surface area contributed by atoms with E-state index in [4.69, 9.17) is 0 Å². The number of hydrogen-bond donors (Lipinski definition) is 2. The van der Waals surface area contributed by atoms with E-state index < -0.39 is 6.10 Å². The van der Waals surface area contributed by atoms with E-state index in [0.29, 0.717) is 0 Å². The lowest BCUT2D eigenvalue weighted by atomic mass is 10.1. The van der Waals surface area contributed by atoms with Crippen molar-refractivity contribution in [1.82, 2.24) is 4.98 Å². The number of aliphatic hydroxyl groups excluding tert-OH is 1. The fourth-order valence-corrected chi connectivity index (χ4v) is 1.72. The van der Waals surface area contributed by atoms with E-state index in [2.05, 4.69) is 11.1 Å². The van der Waals surface area contributed by atoms with Crippen LogP contribution in [0.1, 0.15) is 24.3 Å². The molecule has 13 heavy (non-hydrogen) atoms. The fourth-order valence-electron chi connectivity index (χ4n) is 1.72. The molecule has 0 spiro atoms. The second kappa shape index (κ2) is 2.89. The molecule has 1 atom stereocenters. The summed E-state index contributed by atoms with van der Waals surface area (Å²) in [7, 11) is 0. The molecule has 1 unspecified atom stereocenters. The first-order valence-electron chi connectivity index (χ1n) is 4.45. The van der Waals surface area contributed by atoms with E-state index in [1.807, 2.05) is 25.1 Å². The molecule has 0 amide bonds. The summed E-state index contributed by atoms with van der Waals surface area (Å²) in [4.78, 5) is 3.21. The number of rotatable bonds is 1. The molecule has 0 aliphatic heterocycles. The molecule has 2 heteroatoms. The molecule has 0 bridgehead atoms. The maximum absolute atomic E-state index is 9.47. The standard InChI is InChI=1S/C11H13NO/c1-7-9-5-3-4-6-10(9)12-11(7)8(2)13/h3-6,8,12-13H,1-2H3. The van der Waals surface area contributed by atoms with Gasteiger partial charge in [-0.1, -0.05) is 18.2 Å². The van der Waals surface area contributed by atoms with Crippen molar-refractivity contribution in [1.29, 1.82) is 0 Å². The number of benzene rings is 1. The molecule has 68 valence electrons. The zero-order valence-corrected chi connectivity index (χ0v) is 7.83. The lowest BCUT2D eigenvalue weighted by Gasteiger charge is -2.01. The molecule has 0 fully saturated rings. The minimum absolute atomic E-state index is 0.424. The average Bonchev–Trinajstić information content (AvgIpc) is 2.45. The third kappa shape index (κ3) is 1.23. The van der Waals surface area contributed by atoms with Gasteiger partial charge >= 0.3 is 0 Å². The van der Waals surface area contributed by atoms with Crippen LogP contribution in [0.2, 0.25) is 0 Å². The molecule has 0 saturated carbocycles. The Hall–Kier alpha value is -1.28. The van der Waals surface area contributed by atoms with Crippen molar-refractivity contribution in [3.8, 4) is 0 Å². The molecule has 1 heterocycles. The summed E-state index contributed by atoms with van der Waals surface area (Å²) < 4.78 is 0. The third-order valence-electron chi connectivity index (χ3n) is 2.42. The first kappa shape index (κ1) is 8.32. The van der Waals surface area contributed by atoms with Crippen molar-refractivity contribution in [3.63, 3.8) is 0 Å². The first-order valence-corrected chi connectivity index (χ1v) is 4.45. The van der Waals surface area contributed by atoms with Crippen LogP contribution < -0.4 is 0 Å². The number of H-pyrrole nitrogens is 1. The number of aromatic nitrogens is 1. The summed E-state index contributed by atoms with van der Waals surface area (Å²) in [6, 6.07) is 8.08. The highest BCUT2D eigenvalue weighted by atomic mass is 16.3. The van der Waals surface area contributed by atoms with Crippen LogP contribution >= 0.6 is 0 Å². The van der Waals surface area contributed by atoms with Crippen LogP contribution in [0.3, 0.4) is 0 Å². The van der Waals surface area contributed by atoms with E-state index >= 15 is 0 Å². The molecule has 1 aromatic carbocycles. The predicted molar refractivity (Wildman–Crippen MR) is 53.7 cm³/mol. The van der Waals surface area contributed by atoms with Crippen molar-refractivity contribution >= 4 is 10.9 Å². The topological polar surface area (TPSA) is 36.0 Å². The van der Waals surface area contributed by atoms with Crippen molar-refractivity contribution in [2.24, 2.45) is 0 Å². The second-order valence-electron chi connectivity index (χ2n) is 3.39. The number of para-hydroxylation sites is 1. The summed E-state index contributed by atoms with van der Waals surface area (Å²) in [5.41, 5.74) is 3.16. The SMILES string of the molecule is Cc1c(C(C)O)[nH]c2ccccc12. The average molecular weight is 175 g/mol. The quantitative estimate of drug-likeness (QED) is 0.686. The van der Waals surface area contributed by atoms with Gasteiger partial charge in [0.1, 0.15) is 0 Å². The van der Waals surface area contributed by atoms with Crippen LogP contribution in [-0.4, -0.2) is 10.1 Å². The van der Waals surface area contributed by atoms with Gasteiger partial charge in [0.2, 0.25) is 0 Å². The molecular formula is C11H13NO. The van der Waals surface area contributed by atoms with Gasteiger partial charge in [0.25, 0.3) is 0 Å². The number of aliphatic hydroxyl groups is 1. The van der Waals surface area contributed by atoms with Crippen molar-refractivity contribution in [2.45, 2.75) is 20.0 Å². The number of nitrogens with one attached hydrogen (secondary N) is 1.